The van der Waals surface area contributed by atoms with Crippen molar-refractivity contribution in [1.29, 1.82) is 0 Å². The number of rotatable bonds is 5. The summed E-state index contributed by atoms with van der Waals surface area (Å²) in [6.45, 7) is 7.23. The van der Waals surface area contributed by atoms with Gasteiger partial charge >= 0.3 is 12.1 Å². The quantitative estimate of drug-likeness (QED) is 0.404. The molecule has 1 unspecified atom stereocenters. The van der Waals surface area contributed by atoms with Crippen LogP contribution in [0.5, 0.6) is 0 Å². The van der Waals surface area contributed by atoms with Crippen LogP contribution in [0.15, 0.2) is 0 Å². The summed E-state index contributed by atoms with van der Waals surface area (Å²) < 4.78 is 17.2. The third-order valence-electron chi connectivity index (χ3n) is 5.24. The highest BCUT2D eigenvalue weighted by atomic mass is 32.2. The molecule has 1 atom stereocenters. The summed E-state index contributed by atoms with van der Waals surface area (Å²) in [5.74, 6) is -0.143. The second-order valence-electron chi connectivity index (χ2n) is 8.34. The van der Waals surface area contributed by atoms with E-state index in [1.54, 1.807) is 11.8 Å². The molecule has 2 aliphatic rings. The van der Waals surface area contributed by atoms with Crippen molar-refractivity contribution in [1.82, 2.24) is 0 Å². The summed E-state index contributed by atoms with van der Waals surface area (Å²) in [6, 6.07) is 0. The molecule has 1 heterocycles. The third-order valence-corrected chi connectivity index (χ3v) is 6.16. The van der Waals surface area contributed by atoms with Crippen molar-refractivity contribution in [3.63, 3.8) is 0 Å². The van der Waals surface area contributed by atoms with Crippen molar-refractivity contribution >= 4 is 23.8 Å². The lowest BCUT2D eigenvalue weighted by Gasteiger charge is -2.39. The molecule has 0 radical (unpaired) electrons. The van der Waals surface area contributed by atoms with Gasteiger partial charge in [-0.05, 0) is 52.7 Å². The van der Waals surface area contributed by atoms with E-state index in [-0.39, 0.29) is 34.1 Å². The molecule has 7 heteroatoms. The molecule has 26 heavy (non-hydrogen) atoms. The van der Waals surface area contributed by atoms with Crippen LogP contribution < -0.4 is 0 Å². The first-order chi connectivity index (χ1) is 12.2. The topological polar surface area (TPSA) is 61.8 Å². The van der Waals surface area contributed by atoms with Gasteiger partial charge < -0.3 is 14.2 Å². The van der Waals surface area contributed by atoms with E-state index < -0.39 is 5.60 Å². The van der Waals surface area contributed by atoms with Crippen molar-refractivity contribution in [3.8, 4) is 0 Å². The smallest absolute Gasteiger partial charge is 0.469 e. The Hall–Kier alpha value is -0.790. The summed E-state index contributed by atoms with van der Waals surface area (Å²) in [6.07, 6.45) is 7.12. The van der Waals surface area contributed by atoms with E-state index in [1.807, 2.05) is 27.0 Å². The van der Waals surface area contributed by atoms with Gasteiger partial charge in [-0.2, -0.15) is 9.28 Å². The van der Waals surface area contributed by atoms with E-state index in [0.717, 1.165) is 51.6 Å². The van der Waals surface area contributed by atoms with Crippen LogP contribution >= 0.6 is 11.8 Å². The van der Waals surface area contributed by atoms with Crippen LogP contribution in [0.4, 0.5) is 4.79 Å². The fourth-order valence-corrected chi connectivity index (χ4v) is 4.84. The number of methoxy groups -OCH3 is 1. The maximum Gasteiger partial charge on any atom is 0.519 e. The normalized spacial score (nSPS) is 27.0. The number of amides is 1. The van der Waals surface area contributed by atoms with Gasteiger partial charge in [0, 0.05) is 12.8 Å². The molecule has 0 spiro atoms. The van der Waals surface area contributed by atoms with Crippen molar-refractivity contribution < 1.29 is 28.3 Å². The number of carbonyl (C=O) groups is 2. The molecular weight excluding hydrogens is 354 g/mol. The zero-order valence-electron chi connectivity index (χ0n) is 16.8. The third kappa shape index (κ3) is 5.14. The van der Waals surface area contributed by atoms with Crippen LogP contribution in [0.1, 0.15) is 59.3 Å². The second-order valence-corrected chi connectivity index (χ2v) is 9.22. The molecule has 150 valence electrons. The predicted octanol–water partition coefficient (Wildman–Crippen LogP) is 3.93. The zero-order chi connectivity index (χ0) is 19.4. The Morgan fingerprint density at radius 2 is 1.65 bits per heavy atom. The highest BCUT2D eigenvalue weighted by molar-refractivity contribution is 7.98. The van der Waals surface area contributed by atoms with Gasteiger partial charge in [0.15, 0.2) is 0 Å². The lowest BCUT2D eigenvalue weighted by Crippen LogP contribution is -2.59. The van der Waals surface area contributed by atoms with Gasteiger partial charge in [-0.25, -0.2) is 0 Å². The van der Waals surface area contributed by atoms with Gasteiger partial charge in [0.2, 0.25) is 0 Å². The molecule has 1 aliphatic heterocycles. The van der Waals surface area contributed by atoms with E-state index in [2.05, 4.69) is 0 Å². The van der Waals surface area contributed by atoms with Crippen LogP contribution in [0, 0.1) is 5.92 Å². The van der Waals surface area contributed by atoms with E-state index in [9.17, 15) is 9.59 Å². The first kappa shape index (κ1) is 21.5. The number of esters is 1. The minimum absolute atomic E-state index is 0.0200. The number of ether oxygens (including phenoxy) is 3. The molecule has 0 aromatic rings. The number of quaternary nitrogens is 1. The largest absolute Gasteiger partial charge is 0.519 e. The lowest BCUT2D eigenvalue weighted by molar-refractivity contribution is -0.879. The highest BCUT2D eigenvalue weighted by Crippen LogP contribution is 2.36. The number of hydrogen-bond acceptors (Lipinski definition) is 6. The summed E-state index contributed by atoms with van der Waals surface area (Å²) in [5, 5.41) is 0. The Kier molecular flexibility index (Phi) is 7.39. The standard InChI is InChI=1S/C19H34NO5S/c1-19(2,3)25-17(22)20(12-6-7-13-20)18(26-5)24-15-10-8-14(9-11-15)16(21)23-4/h14-15,18H,6-13H2,1-5H3/q+1. The molecule has 0 aromatic heterocycles. The average Bonchev–Trinajstić information content (AvgIpc) is 3.09. The van der Waals surface area contributed by atoms with E-state index >= 15 is 0 Å². The molecule has 0 N–H and O–H groups in total. The molecule has 1 amide bonds. The van der Waals surface area contributed by atoms with Crippen molar-refractivity contribution in [3.05, 3.63) is 0 Å². The minimum atomic E-state index is -0.507. The average molecular weight is 389 g/mol. The van der Waals surface area contributed by atoms with Gasteiger partial charge in [-0.3, -0.25) is 4.79 Å². The highest BCUT2D eigenvalue weighted by Gasteiger charge is 2.51. The number of carbonyl (C=O) groups excluding carboxylic acids is 2. The van der Waals surface area contributed by atoms with Gasteiger partial charge in [-0.1, -0.05) is 11.8 Å². The zero-order valence-corrected chi connectivity index (χ0v) is 17.6. The maximum absolute atomic E-state index is 13.0. The number of nitrogens with zero attached hydrogens (tertiary/aromatic N) is 1. The SMILES string of the molecule is COC(=O)C1CCC(OC(SC)[N+]2(C(=O)OC(C)(C)C)CCCC2)CC1. The first-order valence-corrected chi connectivity index (χ1v) is 10.9. The second kappa shape index (κ2) is 8.93. The number of likely N-dealkylation sites (tertiary alicyclic amines) is 1. The Bertz CT molecular complexity index is 491. The number of hydrogen-bond donors (Lipinski definition) is 0. The summed E-state index contributed by atoms with van der Waals surface area (Å²) in [7, 11) is 1.44. The summed E-state index contributed by atoms with van der Waals surface area (Å²) >= 11 is 1.58. The van der Waals surface area contributed by atoms with E-state index in [1.165, 1.54) is 7.11 Å². The molecule has 2 fully saturated rings. The fourth-order valence-electron chi connectivity index (χ4n) is 3.87. The summed E-state index contributed by atoms with van der Waals surface area (Å²) in [5.41, 5.74) is -0.765. The van der Waals surface area contributed by atoms with Gasteiger partial charge in [0.25, 0.3) is 5.56 Å². The lowest BCUT2D eigenvalue weighted by atomic mass is 9.87. The molecule has 0 bridgehead atoms. The Morgan fingerprint density at radius 1 is 1.08 bits per heavy atom. The van der Waals surface area contributed by atoms with Gasteiger partial charge in [0.05, 0.1) is 32.2 Å². The van der Waals surface area contributed by atoms with Crippen LogP contribution in [0.2, 0.25) is 0 Å². The molecule has 6 nitrogen and oxygen atoms in total. The van der Waals surface area contributed by atoms with Crippen LogP contribution in [-0.4, -0.2) is 60.3 Å². The monoisotopic (exact) mass is 388 g/mol. The van der Waals surface area contributed by atoms with Gasteiger partial charge in [0.1, 0.15) is 5.60 Å². The van der Waals surface area contributed by atoms with Crippen LogP contribution in [0.3, 0.4) is 0 Å². The molecule has 0 aromatic carbocycles. The van der Waals surface area contributed by atoms with Crippen LogP contribution in [-0.2, 0) is 19.0 Å². The Balaban J connectivity index is 2.03. The fraction of sp³-hybridized carbons (Fsp3) is 0.895. The Labute approximate surface area is 161 Å². The van der Waals surface area contributed by atoms with Gasteiger partial charge in [-0.15, -0.1) is 0 Å². The van der Waals surface area contributed by atoms with Crippen molar-refractivity contribution in [2.24, 2.45) is 5.92 Å². The number of thioether (sulfide) groups is 1. The van der Waals surface area contributed by atoms with Crippen molar-refractivity contribution in [2.75, 3.05) is 26.5 Å². The van der Waals surface area contributed by atoms with E-state index in [0.29, 0.717) is 0 Å². The molecule has 1 saturated heterocycles. The maximum atomic E-state index is 13.0. The molecule has 1 saturated carbocycles. The van der Waals surface area contributed by atoms with Crippen molar-refractivity contribution in [2.45, 2.75) is 76.6 Å². The molecule has 1 aliphatic carbocycles. The summed E-state index contributed by atoms with van der Waals surface area (Å²) in [4.78, 5) is 24.7. The predicted molar refractivity (Wildman–Crippen MR) is 102 cm³/mol. The van der Waals surface area contributed by atoms with Crippen LogP contribution in [0.25, 0.3) is 0 Å². The minimum Gasteiger partial charge on any atom is -0.469 e. The van der Waals surface area contributed by atoms with E-state index in [4.69, 9.17) is 14.2 Å². The molecular formula is C19H34NO5S+. The first-order valence-electron chi connectivity index (χ1n) is 9.58. The Morgan fingerprint density at radius 3 is 2.12 bits per heavy atom. The molecule has 2 rings (SSSR count).